The Morgan fingerprint density at radius 3 is 2.67 bits per heavy atom. The Hall–Kier alpha value is -2.49. The van der Waals surface area contributed by atoms with Crippen LogP contribution in [0.5, 0.6) is 0 Å². The number of halogens is 1. The summed E-state index contributed by atoms with van der Waals surface area (Å²) in [5.41, 5.74) is 2.33. The first-order valence-electron chi connectivity index (χ1n) is 6.84. The molecule has 0 saturated carbocycles. The third-order valence-corrected chi connectivity index (χ3v) is 3.43. The number of ketones is 1. The molecule has 0 N–H and O–H groups in total. The molecule has 0 bridgehead atoms. The third-order valence-electron chi connectivity index (χ3n) is 3.43. The van der Waals surface area contributed by atoms with Crippen molar-refractivity contribution in [1.82, 2.24) is 4.98 Å². The van der Waals surface area contributed by atoms with Crippen molar-refractivity contribution >= 4 is 11.5 Å². The van der Waals surface area contributed by atoms with Crippen molar-refractivity contribution in [3.8, 4) is 0 Å². The monoisotopic (exact) mass is 282 g/mol. The zero-order valence-electron chi connectivity index (χ0n) is 11.5. The topological polar surface area (TPSA) is 33.2 Å². The maximum atomic E-state index is 13.9. The van der Waals surface area contributed by atoms with E-state index in [2.05, 4.69) is 4.98 Å². The summed E-state index contributed by atoms with van der Waals surface area (Å²) in [7, 11) is 0. The highest BCUT2D eigenvalue weighted by molar-refractivity contribution is 5.95. The predicted molar refractivity (Wildman–Crippen MR) is 79.6 cm³/mol. The smallest absolute Gasteiger partial charge is 0.174 e. The molecule has 2 aromatic rings. The van der Waals surface area contributed by atoms with E-state index in [-0.39, 0.29) is 18.1 Å². The van der Waals surface area contributed by atoms with Crippen LogP contribution >= 0.6 is 0 Å². The summed E-state index contributed by atoms with van der Waals surface area (Å²) in [6, 6.07) is 12.2. The number of nitrogens with zero attached hydrogens (tertiary/aromatic N) is 2. The lowest BCUT2D eigenvalue weighted by Crippen LogP contribution is -2.36. The fourth-order valence-electron chi connectivity index (χ4n) is 2.53. The normalized spacial score (nSPS) is 15.0. The first-order valence-corrected chi connectivity index (χ1v) is 6.84. The predicted octanol–water partition coefficient (Wildman–Crippen LogP) is 2.78. The van der Waals surface area contributed by atoms with Crippen molar-refractivity contribution in [2.75, 3.05) is 18.0 Å². The van der Waals surface area contributed by atoms with Gasteiger partial charge in [-0.2, -0.15) is 0 Å². The maximum absolute atomic E-state index is 13.9. The molecule has 0 unspecified atom stereocenters. The van der Waals surface area contributed by atoms with Gasteiger partial charge in [-0.15, -0.1) is 0 Å². The van der Waals surface area contributed by atoms with Crippen LogP contribution in [0.15, 0.2) is 60.3 Å². The van der Waals surface area contributed by atoms with Crippen LogP contribution in [0.3, 0.4) is 0 Å². The zero-order chi connectivity index (χ0) is 14.7. The van der Waals surface area contributed by atoms with E-state index >= 15 is 0 Å². The maximum Gasteiger partial charge on any atom is 0.174 e. The second-order valence-electron chi connectivity index (χ2n) is 5.07. The Balaban J connectivity index is 1.81. The molecule has 0 saturated heterocycles. The molecule has 0 aliphatic carbocycles. The molecule has 3 rings (SSSR count). The van der Waals surface area contributed by atoms with Crippen LogP contribution in [0, 0.1) is 5.82 Å². The number of carbonyl (C=O) groups excluding carboxylic acids is 1. The van der Waals surface area contributed by atoms with Crippen molar-refractivity contribution in [2.45, 2.75) is 6.42 Å². The van der Waals surface area contributed by atoms with E-state index in [0.717, 1.165) is 11.3 Å². The average molecular weight is 282 g/mol. The van der Waals surface area contributed by atoms with Gasteiger partial charge in [0.2, 0.25) is 0 Å². The van der Waals surface area contributed by atoms with E-state index in [9.17, 15) is 9.18 Å². The van der Waals surface area contributed by atoms with Crippen LogP contribution in [0.4, 0.5) is 10.1 Å². The number of hydrogen-bond donors (Lipinski definition) is 0. The highest BCUT2D eigenvalue weighted by Gasteiger charge is 2.20. The first-order chi connectivity index (χ1) is 10.2. The Morgan fingerprint density at radius 1 is 1.10 bits per heavy atom. The molecule has 106 valence electrons. The molecule has 21 heavy (non-hydrogen) atoms. The lowest BCUT2D eigenvalue weighted by atomic mass is 10.0. The molecule has 0 fully saturated rings. The number of rotatable bonds is 3. The van der Waals surface area contributed by atoms with Gasteiger partial charge in [0, 0.05) is 24.9 Å². The zero-order valence-corrected chi connectivity index (χ0v) is 11.5. The average Bonchev–Trinajstić information content (AvgIpc) is 2.48. The molecule has 1 aromatic carbocycles. The largest absolute Gasteiger partial charge is 0.357 e. The highest BCUT2D eigenvalue weighted by atomic mass is 19.1. The molecular formula is C17H15FN2O. The number of para-hydroxylation sites is 1. The summed E-state index contributed by atoms with van der Waals surface area (Å²) >= 11 is 0. The molecule has 1 aliphatic heterocycles. The minimum Gasteiger partial charge on any atom is -0.357 e. The third kappa shape index (κ3) is 3.16. The lowest BCUT2D eigenvalue weighted by molar-refractivity contribution is -0.113. The molecule has 1 aliphatic rings. The molecule has 1 aromatic heterocycles. The molecule has 0 amide bonds. The van der Waals surface area contributed by atoms with Gasteiger partial charge >= 0.3 is 0 Å². The minimum atomic E-state index is -0.301. The Kier molecular flexibility index (Phi) is 3.77. The van der Waals surface area contributed by atoms with E-state index in [1.807, 2.05) is 18.2 Å². The summed E-state index contributed by atoms with van der Waals surface area (Å²) < 4.78 is 13.9. The Morgan fingerprint density at radius 2 is 1.90 bits per heavy atom. The number of pyridine rings is 1. The van der Waals surface area contributed by atoms with Crippen molar-refractivity contribution in [3.05, 3.63) is 71.8 Å². The molecule has 3 nitrogen and oxygen atoms in total. The van der Waals surface area contributed by atoms with Crippen molar-refractivity contribution in [2.24, 2.45) is 0 Å². The summed E-state index contributed by atoms with van der Waals surface area (Å²) in [4.78, 5) is 17.9. The van der Waals surface area contributed by atoms with Crippen LogP contribution in [0.1, 0.15) is 5.69 Å². The van der Waals surface area contributed by atoms with Gasteiger partial charge in [-0.3, -0.25) is 9.78 Å². The number of benzene rings is 1. The molecule has 0 atom stereocenters. The van der Waals surface area contributed by atoms with Gasteiger partial charge in [-0.05, 0) is 35.9 Å². The highest BCUT2D eigenvalue weighted by Crippen LogP contribution is 2.23. The van der Waals surface area contributed by atoms with Crippen molar-refractivity contribution in [1.29, 1.82) is 0 Å². The summed E-state index contributed by atoms with van der Waals surface area (Å²) in [6.45, 7) is 0.760. The second kappa shape index (κ2) is 5.87. The second-order valence-corrected chi connectivity index (χ2v) is 5.07. The van der Waals surface area contributed by atoms with Gasteiger partial charge in [0.05, 0.1) is 12.2 Å². The quantitative estimate of drug-likeness (QED) is 0.868. The first kappa shape index (κ1) is 13.5. The van der Waals surface area contributed by atoms with Gasteiger partial charge < -0.3 is 4.90 Å². The molecule has 0 radical (unpaired) electrons. The van der Waals surface area contributed by atoms with E-state index in [1.54, 1.807) is 35.4 Å². The molecule has 4 heteroatoms. The van der Waals surface area contributed by atoms with Gasteiger partial charge in [0.1, 0.15) is 5.82 Å². The Labute approximate surface area is 122 Å². The van der Waals surface area contributed by atoms with Crippen LogP contribution in [0.25, 0.3) is 0 Å². The van der Waals surface area contributed by atoms with E-state index in [4.69, 9.17) is 0 Å². The van der Waals surface area contributed by atoms with Gasteiger partial charge in [0.15, 0.2) is 5.78 Å². The van der Waals surface area contributed by atoms with E-state index in [1.165, 1.54) is 6.07 Å². The van der Waals surface area contributed by atoms with E-state index < -0.39 is 0 Å². The SMILES string of the molecule is O=C1C=C(Cc2ccccn2)CN(c2ccccc2F)C1. The standard InChI is InChI=1S/C17H15FN2O/c18-16-6-1-2-7-17(16)20-11-13(10-15(21)12-20)9-14-5-3-4-8-19-14/h1-8,10H,9,11-12H2. The van der Waals surface area contributed by atoms with Crippen LogP contribution in [0.2, 0.25) is 0 Å². The molecule has 2 heterocycles. The fourth-order valence-corrected chi connectivity index (χ4v) is 2.53. The van der Waals surface area contributed by atoms with Crippen LogP contribution in [-0.4, -0.2) is 23.9 Å². The minimum absolute atomic E-state index is 0.00423. The summed E-state index contributed by atoms with van der Waals surface area (Å²) in [5.74, 6) is -0.306. The number of hydrogen-bond acceptors (Lipinski definition) is 3. The van der Waals surface area contributed by atoms with Crippen LogP contribution in [-0.2, 0) is 11.2 Å². The van der Waals surface area contributed by atoms with Gasteiger partial charge in [0.25, 0.3) is 0 Å². The molecular weight excluding hydrogens is 267 g/mol. The summed E-state index contributed by atoms with van der Waals surface area (Å²) in [5, 5.41) is 0. The summed E-state index contributed by atoms with van der Waals surface area (Å²) in [6.07, 6.45) is 4.00. The lowest BCUT2D eigenvalue weighted by Gasteiger charge is -2.28. The Bertz CT molecular complexity index is 682. The van der Waals surface area contributed by atoms with Crippen molar-refractivity contribution in [3.63, 3.8) is 0 Å². The number of aromatic nitrogens is 1. The number of anilines is 1. The van der Waals surface area contributed by atoms with Crippen LogP contribution < -0.4 is 4.90 Å². The van der Waals surface area contributed by atoms with Gasteiger partial charge in [-0.1, -0.05) is 18.2 Å². The van der Waals surface area contributed by atoms with E-state index in [0.29, 0.717) is 18.7 Å². The van der Waals surface area contributed by atoms with Gasteiger partial charge in [-0.25, -0.2) is 4.39 Å². The molecule has 0 spiro atoms. The van der Waals surface area contributed by atoms with Crippen molar-refractivity contribution < 1.29 is 9.18 Å². The number of carbonyl (C=O) groups is 1. The fraction of sp³-hybridized carbons (Fsp3) is 0.176.